The summed E-state index contributed by atoms with van der Waals surface area (Å²) in [6.45, 7) is 1.66. The lowest BCUT2D eigenvalue weighted by molar-refractivity contribution is 0.418. The maximum absolute atomic E-state index is 12.2. The summed E-state index contributed by atoms with van der Waals surface area (Å²) in [6, 6.07) is 5.15. The predicted octanol–water partition coefficient (Wildman–Crippen LogP) is 1.54. The second-order valence-electron chi connectivity index (χ2n) is 3.65. The van der Waals surface area contributed by atoms with Gasteiger partial charge in [0.15, 0.2) is 0 Å². The molecule has 0 aliphatic rings. The molecule has 0 fully saturated rings. The van der Waals surface area contributed by atoms with Crippen molar-refractivity contribution in [1.82, 2.24) is 9.55 Å². The Balaban J connectivity index is 2.94. The molecule has 1 aromatic carbocycles. The molecule has 90 valence electrons. The Morgan fingerprint density at radius 3 is 2.82 bits per heavy atom. The summed E-state index contributed by atoms with van der Waals surface area (Å²) in [5.41, 5.74) is 5.89. The van der Waals surface area contributed by atoms with Crippen molar-refractivity contribution in [3.8, 4) is 5.75 Å². The molecule has 1 atom stereocenters. The summed E-state index contributed by atoms with van der Waals surface area (Å²) in [5, 5.41) is 0.461. The zero-order valence-electron chi connectivity index (χ0n) is 9.48. The monoisotopic (exact) mass is 253 g/mol. The van der Waals surface area contributed by atoms with Gasteiger partial charge < -0.3 is 10.5 Å². The third kappa shape index (κ3) is 1.87. The maximum Gasteiger partial charge on any atom is 0.267 e. The first-order valence-electron chi connectivity index (χ1n) is 5.06. The summed E-state index contributed by atoms with van der Waals surface area (Å²) in [6.07, 6.45) is -0.545. The number of nitrogens with zero attached hydrogens (tertiary/aromatic N) is 2. The highest BCUT2D eigenvalue weighted by atomic mass is 35.5. The van der Waals surface area contributed by atoms with Crippen LogP contribution in [0.4, 0.5) is 0 Å². The maximum atomic E-state index is 12.2. The van der Waals surface area contributed by atoms with Crippen LogP contribution in [-0.2, 0) is 0 Å². The van der Waals surface area contributed by atoms with Crippen LogP contribution in [-0.4, -0.2) is 16.7 Å². The molecule has 2 N–H and O–H groups in total. The van der Waals surface area contributed by atoms with Crippen LogP contribution in [0.2, 0.25) is 5.28 Å². The quantitative estimate of drug-likeness (QED) is 0.824. The summed E-state index contributed by atoms with van der Waals surface area (Å²) < 4.78 is 6.37. The van der Waals surface area contributed by atoms with E-state index < -0.39 is 6.17 Å². The van der Waals surface area contributed by atoms with Gasteiger partial charge in [-0.1, -0.05) is 6.07 Å². The zero-order valence-corrected chi connectivity index (χ0v) is 10.2. The number of hydrogen-bond donors (Lipinski definition) is 1. The Kier molecular flexibility index (Phi) is 3.04. The molecular weight excluding hydrogens is 242 g/mol. The second-order valence-corrected chi connectivity index (χ2v) is 3.99. The molecule has 0 spiro atoms. The van der Waals surface area contributed by atoms with Gasteiger partial charge >= 0.3 is 0 Å². The van der Waals surface area contributed by atoms with Crippen molar-refractivity contribution in [1.29, 1.82) is 0 Å². The lowest BCUT2D eigenvalue weighted by Gasteiger charge is -2.13. The number of nitrogens with two attached hydrogens (primary N) is 1. The molecule has 0 aliphatic heterocycles. The lowest BCUT2D eigenvalue weighted by Crippen LogP contribution is -2.29. The van der Waals surface area contributed by atoms with E-state index >= 15 is 0 Å². The number of halogens is 1. The minimum atomic E-state index is -0.545. The Morgan fingerprint density at radius 1 is 1.53 bits per heavy atom. The van der Waals surface area contributed by atoms with Gasteiger partial charge in [0.05, 0.1) is 18.8 Å². The van der Waals surface area contributed by atoms with Crippen LogP contribution >= 0.6 is 11.6 Å². The highest BCUT2D eigenvalue weighted by Crippen LogP contribution is 2.22. The molecule has 6 heteroatoms. The molecule has 2 rings (SSSR count). The Labute approximate surface area is 103 Å². The van der Waals surface area contributed by atoms with E-state index in [0.717, 1.165) is 0 Å². The van der Waals surface area contributed by atoms with E-state index in [-0.39, 0.29) is 10.8 Å². The van der Waals surface area contributed by atoms with Crippen LogP contribution in [0.1, 0.15) is 13.1 Å². The van der Waals surface area contributed by atoms with Crippen molar-refractivity contribution in [2.45, 2.75) is 13.1 Å². The van der Waals surface area contributed by atoms with Gasteiger partial charge in [0.1, 0.15) is 11.1 Å². The van der Waals surface area contributed by atoms with Crippen molar-refractivity contribution < 1.29 is 4.74 Å². The highest BCUT2D eigenvalue weighted by molar-refractivity contribution is 6.28. The van der Waals surface area contributed by atoms with Crippen molar-refractivity contribution in [2.75, 3.05) is 7.11 Å². The van der Waals surface area contributed by atoms with E-state index in [1.54, 1.807) is 25.1 Å². The number of benzene rings is 1. The Morgan fingerprint density at radius 2 is 2.24 bits per heavy atom. The smallest absolute Gasteiger partial charge is 0.267 e. The number of aromatic nitrogens is 2. The Bertz CT molecular complexity index is 622. The van der Waals surface area contributed by atoms with E-state index in [1.165, 1.54) is 11.7 Å². The number of ether oxygens (including phenoxy) is 1. The van der Waals surface area contributed by atoms with Gasteiger partial charge in [-0.15, -0.1) is 0 Å². The van der Waals surface area contributed by atoms with Crippen molar-refractivity contribution >= 4 is 22.5 Å². The van der Waals surface area contributed by atoms with Gasteiger partial charge in [0.25, 0.3) is 5.56 Å². The molecule has 0 saturated heterocycles. The van der Waals surface area contributed by atoms with Crippen LogP contribution in [0.3, 0.4) is 0 Å². The van der Waals surface area contributed by atoms with Crippen molar-refractivity contribution in [2.24, 2.45) is 5.73 Å². The molecule has 0 saturated carbocycles. The molecule has 5 nitrogen and oxygen atoms in total. The average molecular weight is 254 g/mol. The van der Waals surface area contributed by atoms with Crippen LogP contribution in [0.25, 0.3) is 10.9 Å². The second kappa shape index (κ2) is 4.35. The normalized spacial score (nSPS) is 12.7. The fourth-order valence-corrected chi connectivity index (χ4v) is 2.03. The van der Waals surface area contributed by atoms with Crippen LogP contribution in [0.5, 0.6) is 5.75 Å². The number of methoxy groups -OCH3 is 1. The first-order valence-corrected chi connectivity index (χ1v) is 5.44. The third-order valence-corrected chi connectivity index (χ3v) is 2.74. The Hall–Kier alpha value is -1.59. The van der Waals surface area contributed by atoms with E-state index in [2.05, 4.69) is 4.98 Å². The standard InChI is InChI=1S/C11H12ClN3O2/c1-6(13)15-10(16)9-7(14-11(15)12)4-3-5-8(9)17-2/h3-6H,13H2,1-2H3. The summed E-state index contributed by atoms with van der Waals surface area (Å²) in [5.74, 6) is 0.464. The predicted molar refractivity (Wildman–Crippen MR) is 66.5 cm³/mol. The molecule has 0 radical (unpaired) electrons. The molecule has 2 aromatic rings. The number of fused-ring (bicyclic) bond motifs is 1. The summed E-state index contributed by atoms with van der Waals surface area (Å²) >= 11 is 5.93. The van der Waals surface area contributed by atoms with E-state index in [4.69, 9.17) is 22.1 Å². The van der Waals surface area contributed by atoms with Crippen molar-refractivity contribution in [3.05, 3.63) is 33.8 Å². The van der Waals surface area contributed by atoms with Crippen LogP contribution in [0.15, 0.2) is 23.0 Å². The molecule has 0 aliphatic carbocycles. The van der Waals surface area contributed by atoms with Gasteiger partial charge in [-0.2, -0.15) is 0 Å². The molecule has 1 heterocycles. The molecule has 17 heavy (non-hydrogen) atoms. The van der Waals surface area contributed by atoms with Gasteiger partial charge in [0, 0.05) is 0 Å². The minimum absolute atomic E-state index is 0.0748. The molecule has 1 aromatic heterocycles. The third-order valence-electron chi connectivity index (χ3n) is 2.48. The average Bonchev–Trinajstić information content (AvgIpc) is 2.27. The molecule has 1 unspecified atom stereocenters. The number of rotatable bonds is 2. The first-order chi connectivity index (χ1) is 8.06. The fourth-order valence-electron chi connectivity index (χ4n) is 1.71. The van der Waals surface area contributed by atoms with Crippen LogP contribution < -0.4 is 16.0 Å². The first kappa shape index (κ1) is 11.9. The molecule has 0 amide bonds. The minimum Gasteiger partial charge on any atom is -0.496 e. The van der Waals surface area contributed by atoms with E-state index in [0.29, 0.717) is 16.7 Å². The lowest BCUT2D eigenvalue weighted by atomic mass is 10.2. The molecular formula is C11H12ClN3O2. The largest absolute Gasteiger partial charge is 0.496 e. The summed E-state index contributed by atoms with van der Waals surface area (Å²) in [4.78, 5) is 16.4. The highest BCUT2D eigenvalue weighted by Gasteiger charge is 2.14. The zero-order chi connectivity index (χ0) is 12.6. The van der Waals surface area contributed by atoms with Gasteiger partial charge in [0.2, 0.25) is 5.28 Å². The molecule has 0 bridgehead atoms. The van der Waals surface area contributed by atoms with Gasteiger partial charge in [-0.3, -0.25) is 9.36 Å². The van der Waals surface area contributed by atoms with E-state index in [9.17, 15) is 4.79 Å². The van der Waals surface area contributed by atoms with Gasteiger partial charge in [-0.25, -0.2) is 4.98 Å². The number of hydrogen-bond acceptors (Lipinski definition) is 4. The SMILES string of the molecule is COc1cccc2nc(Cl)n(C(C)N)c(=O)c12. The topological polar surface area (TPSA) is 70.1 Å². The van der Waals surface area contributed by atoms with Gasteiger partial charge in [-0.05, 0) is 30.7 Å². The van der Waals surface area contributed by atoms with E-state index in [1.807, 2.05) is 0 Å². The van der Waals surface area contributed by atoms with Crippen molar-refractivity contribution in [3.63, 3.8) is 0 Å². The fraction of sp³-hybridized carbons (Fsp3) is 0.273. The summed E-state index contributed by atoms with van der Waals surface area (Å²) in [7, 11) is 1.50. The van der Waals surface area contributed by atoms with Crippen LogP contribution in [0, 0.1) is 0 Å².